The third-order valence-corrected chi connectivity index (χ3v) is 3.47. The van der Waals surface area contributed by atoms with Crippen LogP contribution in [0.3, 0.4) is 0 Å². The topological polar surface area (TPSA) is 29.1 Å². The number of carbonyl (C=O) groups excluding carboxylic acids is 1. The molecule has 1 aromatic heterocycles. The lowest BCUT2D eigenvalue weighted by Crippen LogP contribution is -2.11. The van der Waals surface area contributed by atoms with E-state index < -0.39 is 0 Å². The SMILES string of the molecule is O=C(CCCc1cccs1)Nc1ccc(F)cc1. The molecule has 1 N–H and O–H groups in total. The van der Waals surface area contributed by atoms with Gasteiger partial charge in [-0.15, -0.1) is 11.3 Å². The Morgan fingerprint density at radius 3 is 2.67 bits per heavy atom. The Morgan fingerprint density at radius 2 is 2.00 bits per heavy atom. The smallest absolute Gasteiger partial charge is 0.224 e. The zero-order chi connectivity index (χ0) is 12.8. The van der Waals surface area contributed by atoms with E-state index in [-0.39, 0.29) is 11.7 Å². The molecule has 0 unspecified atom stereocenters. The highest BCUT2D eigenvalue weighted by Gasteiger charge is 2.03. The van der Waals surface area contributed by atoms with Crippen molar-refractivity contribution in [2.24, 2.45) is 0 Å². The van der Waals surface area contributed by atoms with Gasteiger partial charge in [-0.1, -0.05) is 6.07 Å². The van der Waals surface area contributed by atoms with E-state index in [9.17, 15) is 9.18 Å². The molecule has 0 aliphatic rings. The largest absolute Gasteiger partial charge is 0.326 e. The first-order valence-corrected chi connectivity index (χ1v) is 6.70. The van der Waals surface area contributed by atoms with Gasteiger partial charge in [0, 0.05) is 17.0 Å². The molecule has 1 heterocycles. The maximum Gasteiger partial charge on any atom is 0.224 e. The van der Waals surface area contributed by atoms with Gasteiger partial charge in [0.1, 0.15) is 5.82 Å². The molecule has 2 aromatic rings. The minimum absolute atomic E-state index is 0.0295. The normalized spacial score (nSPS) is 10.3. The Bertz CT molecular complexity index is 493. The van der Waals surface area contributed by atoms with E-state index in [2.05, 4.69) is 11.4 Å². The Labute approximate surface area is 109 Å². The number of anilines is 1. The average Bonchev–Trinajstić information content (AvgIpc) is 2.85. The van der Waals surface area contributed by atoms with Crippen LogP contribution in [0, 0.1) is 5.82 Å². The number of carbonyl (C=O) groups is 1. The highest BCUT2D eigenvalue weighted by molar-refractivity contribution is 7.09. The van der Waals surface area contributed by atoms with E-state index >= 15 is 0 Å². The molecule has 4 heteroatoms. The van der Waals surface area contributed by atoms with Crippen LogP contribution in [0.25, 0.3) is 0 Å². The molecule has 0 saturated heterocycles. The first kappa shape index (κ1) is 12.8. The van der Waals surface area contributed by atoms with Crippen LogP contribution < -0.4 is 5.32 Å². The second kappa shape index (κ2) is 6.31. The van der Waals surface area contributed by atoms with Crippen LogP contribution in [-0.4, -0.2) is 5.91 Å². The summed E-state index contributed by atoms with van der Waals surface area (Å²) in [4.78, 5) is 12.9. The molecular weight excluding hydrogens is 249 g/mol. The summed E-state index contributed by atoms with van der Waals surface area (Å²) < 4.78 is 12.7. The van der Waals surface area contributed by atoms with Crippen molar-refractivity contribution in [3.05, 3.63) is 52.5 Å². The number of hydrogen-bond donors (Lipinski definition) is 1. The average molecular weight is 263 g/mol. The lowest BCUT2D eigenvalue weighted by molar-refractivity contribution is -0.116. The second-order valence-electron chi connectivity index (χ2n) is 3.99. The molecule has 1 aromatic carbocycles. The lowest BCUT2D eigenvalue weighted by Gasteiger charge is -2.04. The molecule has 2 nitrogen and oxygen atoms in total. The van der Waals surface area contributed by atoms with Gasteiger partial charge >= 0.3 is 0 Å². The number of thiophene rings is 1. The fraction of sp³-hybridized carbons (Fsp3) is 0.214. The van der Waals surface area contributed by atoms with E-state index in [0.717, 1.165) is 12.8 Å². The summed E-state index contributed by atoms with van der Waals surface area (Å²) in [7, 11) is 0. The van der Waals surface area contributed by atoms with Crippen LogP contribution in [0.15, 0.2) is 41.8 Å². The number of amides is 1. The molecule has 0 spiro atoms. The van der Waals surface area contributed by atoms with E-state index in [0.29, 0.717) is 12.1 Å². The van der Waals surface area contributed by atoms with Crippen molar-refractivity contribution in [1.29, 1.82) is 0 Å². The molecule has 94 valence electrons. The summed E-state index contributed by atoms with van der Waals surface area (Å²) in [5.74, 6) is -0.330. The van der Waals surface area contributed by atoms with Gasteiger partial charge in [0.2, 0.25) is 5.91 Å². The maximum atomic E-state index is 12.7. The van der Waals surface area contributed by atoms with Crippen LogP contribution in [0.1, 0.15) is 17.7 Å². The van der Waals surface area contributed by atoms with Gasteiger partial charge in [0.05, 0.1) is 0 Å². The van der Waals surface area contributed by atoms with Gasteiger partial charge < -0.3 is 5.32 Å². The van der Waals surface area contributed by atoms with Crippen LogP contribution in [0.4, 0.5) is 10.1 Å². The zero-order valence-corrected chi connectivity index (χ0v) is 10.7. The number of nitrogens with one attached hydrogen (secondary N) is 1. The van der Waals surface area contributed by atoms with Crippen LogP contribution in [-0.2, 0) is 11.2 Å². The van der Waals surface area contributed by atoms with E-state index in [4.69, 9.17) is 0 Å². The van der Waals surface area contributed by atoms with Crippen molar-refractivity contribution >= 4 is 22.9 Å². The molecule has 1 amide bonds. The van der Waals surface area contributed by atoms with Gasteiger partial charge in [-0.2, -0.15) is 0 Å². The van der Waals surface area contributed by atoms with Crippen molar-refractivity contribution < 1.29 is 9.18 Å². The first-order valence-electron chi connectivity index (χ1n) is 5.82. The Kier molecular flexibility index (Phi) is 4.47. The third kappa shape index (κ3) is 3.96. The van der Waals surface area contributed by atoms with Gasteiger partial charge in [0.25, 0.3) is 0 Å². The fourth-order valence-electron chi connectivity index (χ4n) is 1.63. The van der Waals surface area contributed by atoms with Gasteiger partial charge in [-0.3, -0.25) is 4.79 Å². The van der Waals surface area contributed by atoms with Crippen molar-refractivity contribution in [3.63, 3.8) is 0 Å². The number of hydrogen-bond acceptors (Lipinski definition) is 2. The Morgan fingerprint density at radius 1 is 1.22 bits per heavy atom. The second-order valence-corrected chi connectivity index (χ2v) is 5.02. The van der Waals surface area contributed by atoms with Crippen molar-refractivity contribution in [1.82, 2.24) is 0 Å². The van der Waals surface area contributed by atoms with Crippen molar-refractivity contribution in [3.8, 4) is 0 Å². The van der Waals surface area contributed by atoms with Gasteiger partial charge in [-0.25, -0.2) is 4.39 Å². The van der Waals surface area contributed by atoms with E-state index in [1.807, 2.05) is 11.4 Å². The number of benzene rings is 1. The molecule has 0 radical (unpaired) electrons. The summed E-state index contributed by atoms with van der Waals surface area (Å²) in [6.45, 7) is 0. The minimum Gasteiger partial charge on any atom is -0.326 e. The summed E-state index contributed by atoms with van der Waals surface area (Å²) in [6.07, 6.45) is 2.23. The molecule has 0 saturated carbocycles. The molecule has 18 heavy (non-hydrogen) atoms. The summed E-state index contributed by atoms with van der Waals surface area (Å²) >= 11 is 1.71. The molecule has 0 atom stereocenters. The Hall–Kier alpha value is -1.68. The monoisotopic (exact) mass is 263 g/mol. The number of aryl methyl sites for hydroxylation is 1. The molecule has 0 bridgehead atoms. The fourth-order valence-corrected chi connectivity index (χ4v) is 2.39. The summed E-state index contributed by atoms with van der Waals surface area (Å²) in [5, 5.41) is 4.78. The van der Waals surface area contributed by atoms with E-state index in [1.165, 1.54) is 17.0 Å². The number of rotatable bonds is 5. The lowest BCUT2D eigenvalue weighted by atomic mass is 10.2. The van der Waals surface area contributed by atoms with Gasteiger partial charge in [-0.05, 0) is 48.6 Å². The highest BCUT2D eigenvalue weighted by atomic mass is 32.1. The molecule has 0 fully saturated rings. The molecular formula is C14H14FNOS. The standard InChI is InChI=1S/C14H14FNOS/c15-11-6-8-12(9-7-11)16-14(17)5-1-3-13-4-2-10-18-13/h2,4,6-10H,1,3,5H2,(H,16,17). The predicted octanol–water partition coefficient (Wildman–Crippen LogP) is 3.85. The summed E-state index contributed by atoms with van der Waals surface area (Å²) in [6, 6.07) is 9.88. The predicted molar refractivity (Wildman–Crippen MR) is 72.3 cm³/mol. The van der Waals surface area contributed by atoms with Crippen LogP contribution in [0.2, 0.25) is 0 Å². The quantitative estimate of drug-likeness (QED) is 0.872. The van der Waals surface area contributed by atoms with Crippen molar-refractivity contribution in [2.75, 3.05) is 5.32 Å². The third-order valence-electron chi connectivity index (χ3n) is 2.54. The summed E-state index contributed by atoms with van der Waals surface area (Å²) in [5.41, 5.74) is 0.637. The highest BCUT2D eigenvalue weighted by Crippen LogP contribution is 2.13. The van der Waals surface area contributed by atoms with Crippen LogP contribution >= 0.6 is 11.3 Å². The number of halogens is 1. The van der Waals surface area contributed by atoms with Crippen molar-refractivity contribution in [2.45, 2.75) is 19.3 Å². The van der Waals surface area contributed by atoms with Crippen LogP contribution in [0.5, 0.6) is 0 Å². The molecule has 2 rings (SSSR count). The molecule has 0 aliphatic heterocycles. The zero-order valence-electron chi connectivity index (χ0n) is 9.86. The molecule has 0 aliphatic carbocycles. The van der Waals surface area contributed by atoms with E-state index in [1.54, 1.807) is 23.5 Å². The maximum absolute atomic E-state index is 12.7. The first-order chi connectivity index (χ1) is 8.74. The minimum atomic E-state index is -0.300. The Balaban J connectivity index is 1.73. The van der Waals surface area contributed by atoms with Gasteiger partial charge in [0.15, 0.2) is 0 Å².